The number of nitrogens with zero attached hydrogens (tertiary/aromatic N) is 3. The van der Waals surface area contributed by atoms with Crippen molar-refractivity contribution < 1.29 is 14.3 Å². The smallest absolute Gasteiger partial charge is 0.409 e. The zero-order valence-corrected chi connectivity index (χ0v) is 17.6. The van der Waals surface area contributed by atoms with Gasteiger partial charge in [-0.25, -0.2) is 4.79 Å². The number of piperazine rings is 1. The van der Waals surface area contributed by atoms with Gasteiger partial charge in [0, 0.05) is 52.5 Å². The number of aliphatic imine (C=N–C) groups is 1. The molecule has 1 amide bonds. The van der Waals surface area contributed by atoms with E-state index in [-0.39, 0.29) is 30.1 Å². The minimum atomic E-state index is -0.218. The quantitative estimate of drug-likeness (QED) is 0.263. The normalized spacial score (nSPS) is 15.0. The monoisotopic (exact) mass is 456 g/mol. The Morgan fingerprint density at radius 2 is 1.71 bits per heavy atom. The summed E-state index contributed by atoms with van der Waals surface area (Å²) in [6.07, 6.45) is 1.84. The summed E-state index contributed by atoms with van der Waals surface area (Å²) in [7, 11) is 0. The van der Waals surface area contributed by atoms with Crippen molar-refractivity contribution >= 4 is 36.0 Å². The van der Waals surface area contributed by atoms with Gasteiger partial charge in [0.2, 0.25) is 0 Å². The van der Waals surface area contributed by atoms with E-state index in [2.05, 4.69) is 22.1 Å². The van der Waals surface area contributed by atoms with E-state index in [4.69, 9.17) is 9.47 Å². The average Bonchev–Trinajstić information content (AvgIpc) is 2.57. The van der Waals surface area contributed by atoms with Gasteiger partial charge in [-0.15, -0.1) is 24.0 Å². The van der Waals surface area contributed by atoms with E-state index < -0.39 is 0 Å². The second-order valence-electron chi connectivity index (χ2n) is 5.31. The topological polar surface area (TPSA) is 66.4 Å². The van der Waals surface area contributed by atoms with Crippen molar-refractivity contribution in [3.63, 3.8) is 0 Å². The molecule has 0 radical (unpaired) electrons. The van der Waals surface area contributed by atoms with Crippen LogP contribution in [0.25, 0.3) is 0 Å². The lowest BCUT2D eigenvalue weighted by molar-refractivity contribution is 0.0914. The molecule has 1 N–H and O–H groups in total. The van der Waals surface area contributed by atoms with Crippen LogP contribution in [-0.4, -0.2) is 80.9 Å². The first kappa shape index (κ1) is 23.2. The Hall–Kier alpha value is -0.770. The number of amides is 1. The maximum absolute atomic E-state index is 11.7. The molecule has 24 heavy (non-hydrogen) atoms. The van der Waals surface area contributed by atoms with Crippen LogP contribution >= 0.6 is 24.0 Å². The van der Waals surface area contributed by atoms with E-state index in [1.807, 2.05) is 13.8 Å². The number of halogens is 1. The van der Waals surface area contributed by atoms with Gasteiger partial charge in [-0.2, -0.15) is 0 Å². The van der Waals surface area contributed by atoms with E-state index in [0.29, 0.717) is 19.7 Å². The van der Waals surface area contributed by atoms with Crippen LogP contribution in [0.3, 0.4) is 0 Å². The summed E-state index contributed by atoms with van der Waals surface area (Å²) < 4.78 is 10.4. The van der Waals surface area contributed by atoms with Gasteiger partial charge >= 0.3 is 6.09 Å². The number of rotatable bonds is 8. The summed E-state index contributed by atoms with van der Waals surface area (Å²) in [5, 5.41) is 3.33. The van der Waals surface area contributed by atoms with Gasteiger partial charge in [0.05, 0.1) is 6.61 Å². The molecule has 0 spiro atoms. The molecule has 0 saturated carbocycles. The van der Waals surface area contributed by atoms with Crippen LogP contribution in [-0.2, 0) is 9.47 Å². The predicted octanol–water partition coefficient (Wildman–Crippen LogP) is 2.16. The van der Waals surface area contributed by atoms with Gasteiger partial charge in [0.15, 0.2) is 5.96 Å². The van der Waals surface area contributed by atoms with Crippen LogP contribution in [0.2, 0.25) is 0 Å². The summed E-state index contributed by atoms with van der Waals surface area (Å²) in [4.78, 5) is 20.4. The summed E-state index contributed by atoms with van der Waals surface area (Å²) in [5.74, 6) is 0.937. The lowest BCUT2D eigenvalue weighted by Gasteiger charge is -2.35. The van der Waals surface area contributed by atoms with Gasteiger partial charge in [0.1, 0.15) is 0 Å². The van der Waals surface area contributed by atoms with E-state index >= 15 is 0 Å². The Morgan fingerprint density at radius 3 is 2.29 bits per heavy atom. The highest BCUT2D eigenvalue weighted by Crippen LogP contribution is 2.05. The summed E-state index contributed by atoms with van der Waals surface area (Å²) >= 11 is 0. The molecular formula is C16H33IN4O3. The number of nitrogens with one attached hydrogen (secondary N) is 1. The Kier molecular flexibility index (Phi) is 14.1. The first-order valence-electron chi connectivity index (χ1n) is 8.75. The van der Waals surface area contributed by atoms with E-state index in [1.165, 1.54) is 0 Å². The van der Waals surface area contributed by atoms with Crippen molar-refractivity contribution in [2.24, 2.45) is 4.99 Å². The number of carbonyl (C=O) groups is 1. The average molecular weight is 456 g/mol. The molecule has 0 bridgehead atoms. The van der Waals surface area contributed by atoms with Crippen LogP contribution in [0.4, 0.5) is 4.79 Å². The van der Waals surface area contributed by atoms with Gasteiger partial charge in [-0.3, -0.25) is 4.99 Å². The largest absolute Gasteiger partial charge is 0.450 e. The molecule has 0 atom stereocenters. The fraction of sp³-hybridized carbons (Fsp3) is 0.875. The number of guanidine groups is 1. The number of ether oxygens (including phenoxy) is 2. The molecule has 7 nitrogen and oxygen atoms in total. The highest BCUT2D eigenvalue weighted by Gasteiger charge is 2.23. The van der Waals surface area contributed by atoms with Crippen molar-refractivity contribution in [1.82, 2.24) is 15.1 Å². The first-order valence-corrected chi connectivity index (χ1v) is 8.75. The summed E-state index contributed by atoms with van der Waals surface area (Å²) in [6, 6.07) is 0. The molecule has 8 heteroatoms. The van der Waals surface area contributed by atoms with E-state index in [1.54, 1.807) is 4.90 Å². The van der Waals surface area contributed by atoms with Crippen LogP contribution in [0.5, 0.6) is 0 Å². The molecule has 1 aliphatic rings. The number of carbonyl (C=O) groups excluding carboxylic acids is 1. The second-order valence-corrected chi connectivity index (χ2v) is 5.31. The van der Waals surface area contributed by atoms with Gasteiger partial charge < -0.3 is 24.6 Å². The number of hydrogen-bond acceptors (Lipinski definition) is 4. The second kappa shape index (κ2) is 14.6. The number of unbranched alkanes of at least 4 members (excludes halogenated alkanes) is 1. The van der Waals surface area contributed by atoms with Crippen molar-refractivity contribution in [3.8, 4) is 0 Å². The molecular weight excluding hydrogens is 423 g/mol. The summed E-state index contributed by atoms with van der Waals surface area (Å²) in [5.41, 5.74) is 0. The Balaban J connectivity index is 0.00000529. The molecule has 1 saturated heterocycles. The van der Waals surface area contributed by atoms with Crippen LogP contribution < -0.4 is 5.32 Å². The molecule has 0 aromatic carbocycles. The fourth-order valence-corrected chi connectivity index (χ4v) is 2.39. The van der Waals surface area contributed by atoms with Crippen LogP contribution in [0, 0.1) is 0 Å². The van der Waals surface area contributed by atoms with Crippen LogP contribution in [0.1, 0.15) is 33.6 Å². The van der Waals surface area contributed by atoms with Crippen molar-refractivity contribution in [1.29, 1.82) is 0 Å². The van der Waals surface area contributed by atoms with Gasteiger partial charge in [0.25, 0.3) is 0 Å². The molecule has 1 aliphatic heterocycles. The Morgan fingerprint density at radius 1 is 1.04 bits per heavy atom. The van der Waals surface area contributed by atoms with E-state index in [0.717, 1.165) is 58.2 Å². The minimum Gasteiger partial charge on any atom is -0.450 e. The predicted molar refractivity (Wildman–Crippen MR) is 107 cm³/mol. The van der Waals surface area contributed by atoms with Crippen LogP contribution in [0.15, 0.2) is 4.99 Å². The highest BCUT2D eigenvalue weighted by atomic mass is 127. The molecule has 0 aliphatic carbocycles. The molecule has 0 aromatic rings. The summed E-state index contributed by atoms with van der Waals surface area (Å²) in [6.45, 7) is 12.5. The molecule has 1 rings (SSSR count). The molecule has 0 unspecified atom stereocenters. The maximum atomic E-state index is 11.7. The lowest BCUT2D eigenvalue weighted by atomic mass is 10.3. The first-order chi connectivity index (χ1) is 11.2. The third-order valence-electron chi connectivity index (χ3n) is 3.60. The third-order valence-corrected chi connectivity index (χ3v) is 3.60. The van der Waals surface area contributed by atoms with Crippen molar-refractivity contribution in [2.75, 3.05) is 59.1 Å². The Bertz CT molecular complexity index is 361. The molecule has 142 valence electrons. The molecule has 1 fully saturated rings. The fourth-order valence-electron chi connectivity index (χ4n) is 2.39. The SMILES string of the molecule is CCNC(=NCCCCOCC)N1CCN(C(=O)OCC)CC1.I. The zero-order chi connectivity index (χ0) is 16.9. The minimum absolute atomic E-state index is 0. The van der Waals surface area contributed by atoms with Crippen molar-refractivity contribution in [2.45, 2.75) is 33.6 Å². The highest BCUT2D eigenvalue weighted by molar-refractivity contribution is 14.0. The third kappa shape index (κ3) is 8.91. The van der Waals surface area contributed by atoms with Crippen molar-refractivity contribution in [3.05, 3.63) is 0 Å². The Labute approximate surface area is 163 Å². The number of hydrogen-bond donors (Lipinski definition) is 1. The molecule has 0 aromatic heterocycles. The zero-order valence-electron chi connectivity index (χ0n) is 15.3. The van der Waals surface area contributed by atoms with E-state index in [9.17, 15) is 4.79 Å². The lowest BCUT2D eigenvalue weighted by Crippen LogP contribution is -2.53. The van der Waals surface area contributed by atoms with Gasteiger partial charge in [-0.1, -0.05) is 0 Å². The van der Waals surface area contributed by atoms with Gasteiger partial charge in [-0.05, 0) is 33.6 Å². The standard InChI is InChI=1S/C16H32N4O3.HI/c1-4-17-15(18-9-7-8-14-22-5-2)19-10-12-20(13-11-19)16(21)23-6-3;/h4-14H2,1-3H3,(H,17,18);1H. The molecule has 1 heterocycles. The maximum Gasteiger partial charge on any atom is 0.409 e.